The molecule has 238 valence electrons. The van der Waals surface area contributed by atoms with Crippen molar-refractivity contribution in [3.8, 4) is 17.3 Å². The molecule has 3 aliphatic rings. The monoisotopic (exact) mass is 649 g/mol. The van der Waals surface area contributed by atoms with Crippen LogP contribution in [0.5, 0.6) is 6.01 Å². The lowest BCUT2D eigenvalue weighted by molar-refractivity contribution is -0.405. The van der Waals surface area contributed by atoms with Gasteiger partial charge < -0.3 is 9.64 Å². The van der Waals surface area contributed by atoms with Crippen LogP contribution in [0, 0.1) is 17.6 Å². The van der Waals surface area contributed by atoms with Gasteiger partial charge in [0.2, 0.25) is 5.91 Å². The quantitative estimate of drug-likeness (QED) is 0.137. The fourth-order valence-corrected chi connectivity index (χ4v) is 7.58. The lowest BCUT2D eigenvalue weighted by Crippen LogP contribution is -2.43. The Morgan fingerprint density at radius 2 is 1.96 bits per heavy atom. The minimum atomic E-state index is -1.30. The molecule has 46 heavy (non-hydrogen) atoms. The molecule has 0 bridgehead atoms. The van der Waals surface area contributed by atoms with Gasteiger partial charge in [-0.3, -0.25) is 14.7 Å². The SMILES string of the molecule is C=CC(=O)N1CC(/C=[N+](\C)c2nc(OCC34CCCN3CCC4)nc3c(F)c(-c4cccc5ccc(F)c(Cl)c45)ncc23)[C@H](F)C1. The summed E-state index contributed by atoms with van der Waals surface area (Å²) in [4.78, 5) is 29.7. The van der Waals surface area contributed by atoms with E-state index in [4.69, 9.17) is 16.3 Å². The summed E-state index contributed by atoms with van der Waals surface area (Å²) in [6.07, 6.45) is 7.12. The standard InChI is InChI=1S/C34H33ClF3N6O2/c1-3-26(45)43-17-21(25(37)18-43)16-42(2)32-23-15-39-30(22-8-4-7-20-9-10-24(36)28(35)27(20)22)29(38)31(23)40-33(41-32)46-19-34-11-5-13-44(34)14-6-12-34/h3-4,7-10,15-16,21,25H,1,5-6,11-14,17-19H2,2H3/q+1/b42-16+/t21?,25-/m1/s1. The van der Waals surface area contributed by atoms with Gasteiger partial charge in [-0.1, -0.05) is 42.4 Å². The summed E-state index contributed by atoms with van der Waals surface area (Å²) in [6, 6.07) is 7.96. The van der Waals surface area contributed by atoms with Gasteiger partial charge in [0.15, 0.2) is 5.82 Å². The average Bonchev–Trinajstić information content (AvgIpc) is 3.75. The molecule has 0 radical (unpaired) electrons. The van der Waals surface area contributed by atoms with Crippen molar-refractivity contribution in [2.24, 2.45) is 5.92 Å². The van der Waals surface area contributed by atoms with E-state index in [1.165, 1.54) is 23.2 Å². The average molecular weight is 650 g/mol. The topological polar surface area (TPSA) is 74.5 Å². The minimum Gasteiger partial charge on any atom is -0.443 e. The van der Waals surface area contributed by atoms with Crippen LogP contribution in [0.4, 0.5) is 19.0 Å². The van der Waals surface area contributed by atoms with Crippen LogP contribution < -0.4 is 4.74 Å². The number of hydrogen-bond donors (Lipinski definition) is 0. The van der Waals surface area contributed by atoms with E-state index in [1.54, 1.807) is 42.1 Å². The molecule has 0 aliphatic carbocycles. The summed E-state index contributed by atoms with van der Waals surface area (Å²) in [5.41, 5.74) is 0.110. The maximum absolute atomic E-state index is 16.6. The number of aromatic nitrogens is 3. The number of hydrogen-bond acceptors (Lipinski definition) is 6. The van der Waals surface area contributed by atoms with Gasteiger partial charge in [0, 0.05) is 28.7 Å². The number of amides is 1. The molecular weight excluding hydrogens is 617 g/mol. The Labute approximate surface area is 269 Å². The molecule has 1 unspecified atom stereocenters. The summed E-state index contributed by atoms with van der Waals surface area (Å²) in [6.45, 7) is 6.00. The molecule has 2 atom stereocenters. The normalized spacial score (nSPS) is 21.3. The Morgan fingerprint density at radius 3 is 2.72 bits per heavy atom. The van der Waals surface area contributed by atoms with E-state index >= 15 is 8.78 Å². The molecule has 8 nitrogen and oxygen atoms in total. The predicted octanol–water partition coefficient (Wildman–Crippen LogP) is 6.11. The largest absolute Gasteiger partial charge is 0.443 e. The zero-order chi connectivity index (χ0) is 32.2. The summed E-state index contributed by atoms with van der Waals surface area (Å²) in [7, 11) is 1.68. The van der Waals surface area contributed by atoms with Gasteiger partial charge in [0.05, 0.1) is 36.3 Å². The third-order valence-electron chi connectivity index (χ3n) is 9.64. The smallest absolute Gasteiger partial charge is 0.434 e. The van der Waals surface area contributed by atoms with E-state index in [0.717, 1.165) is 38.8 Å². The second-order valence-electron chi connectivity index (χ2n) is 12.4. The number of carbonyl (C=O) groups is 1. The summed E-state index contributed by atoms with van der Waals surface area (Å²) in [5.74, 6) is -2.08. The molecule has 2 aromatic heterocycles. The van der Waals surface area contributed by atoms with Crippen molar-refractivity contribution in [3.63, 3.8) is 0 Å². The molecule has 3 fully saturated rings. The third-order valence-corrected chi connectivity index (χ3v) is 10.0. The van der Waals surface area contributed by atoms with E-state index in [2.05, 4.69) is 26.4 Å². The number of likely N-dealkylation sites (tertiary alicyclic amines) is 1. The molecule has 12 heteroatoms. The second-order valence-corrected chi connectivity index (χ2v) is 12.8. The van der Waals surface area contributed by atoms with Gasteiger partial charge in [-0.05, 0) is 56.3 Å². The fraction of sp³-hybridized carbons (Fsp3) is 0.382. The van der Waals surface area contributed by atoms with Gasteiger partial charge in [-0.25, -0.2) is 17.7 Å². The number of benzene rings is 2. The molecule has 0 N–H and O–H groups in total. The van der Waals surface area contributed by atoms with Gasteiger partial charge in [0.1, 0.15) is 35.2 Å². The number of carbonyl (C=O) groups excluding carboxylic acids is 1. The van der Waals surface area contributed by atoms with Crippen molar-refractivity contribution in [1.82, 2.24) is 24.8 Å². The van der Waals surface area contributed by atoms with Crippen molar-refractivity contribution < 1.29 is 27.3 Å². The van der Waals surface area contributed by atoms with Crippen molar-refractivity contribution in [3.05, 3.63) is 65.8 Å². The molecule has 3 aliphatic heterocycles. The van der Waals surface area contributed by atoms with Crippen LogP contribution >= 0.6 is 11.6 Å². The number of ether oxygens (including phenoxy) is 1. The first-order chi connectivity index (χ1) is 22.2. The van der Waals surface area contributed by atoms with Crippen LogP contribution in [-0.4, -0.2) is 93.0 Å². The van der Waals surface area contributed by atoms with Crippen molar-refractivity contribution >= 4 is 51.2 Å². The zero-order valence-corrected chi connectivity index (χ0v) is 26.1. The van der Waals surface area contributed by atoms with Crippen LogP contribution in [0.15, 0.2) is 49.2 Å². The predicted molar refractivity (Wildman–Crippen MR) is 171 cm³/mol. The first-order valence-corrected chi connectivity index (χ1v) is 15.8. The Morgan fingerprint density at radius 1 is 1.17 bits per heavy atom. The Bertz CT molecular complexity index is 1910. The molecule has 0 saturated carbocycles. The molecule has 4 aromatic rings. The maximum Gasteiger partial charge on any atom is 0.434 e. The highest BCUT2D eigenvalue weighted by Crippen LogP contribution is 2.40. The van der Waals surface area contributed by atoms with E-state index < -0.39 is 23.7 Å². The molecule has 0 spiro atoms. The van der Waals surface area contributed by atoms with Gasteiger partial charge >= 0.3 is 11.8 Å². The van der Waals surface area contributed by atoms with E-state index in [1.807, 2.05) is 0 Å². The molecular formula is C34H33ClF3N6O2+. The molecule has 1 amide bonds. The number of fused-ring (bicyclic) bond motifs is 3. The van der Waals surface area contributed by atoms with Crippen LogP contribution in [0.2, 0.25) is 5.02 Å². The van der Waals surface area contributed by atoms with Crippen molar-refractivity contribution in [1.29, 1.82) is 0 Å². The van der Waals surface area contributed by atoms with E-state index in [0.29, 0.717) is 22.9 Å². The first kappa shape index (κ1) is 30.6. The second kappa shape index (κ2) is 11.9. The molecule has 2 aromatic carbocycles. The van der Waals surface area contributed by atoms with Crippen LogP contribution in [-0.2, 0) is 4.79 Å². The van der Waals surface area contributed by atoms with Gasteiger partial charge in [-0.2, -0.15) is 4.98 Å². The van der Waals surface area contributed by atoms with Crippen LogP contribution in [0.3, 0.4) is 0 Å². The van der Waals surface area contributed by atoms with Crippen molar-refractivity contribution in [2.75, 3.05) is 39.8 Å². The lowest BCUT2D eigenvalue weighted by atomic mass is 9.95. The van der Waals surface area contributed by atoms with Gasteiger partial charge in [0.25, 0.3) is 0 Å². The number of halogens is 4. The summed E-state index contributed by atoms with van der Waals surface area (Å²) >= 11 is 6.38. The Kier molecular flexibility index (Phi) is 7.92. The number of pyridine rings is 1. The number of rotatable bonds is 7. The third kappa shape index (κ3) is 5.19. The summed E-state index contributed by atoms with van der Waals surface area (Å²) < 4.78 is 54.1. The zero-order valence-electron chi connectivity index (χ0n) is 25.4. The van der Waals surface area contributed by atoms with Crippen LogP contribution in [0.25, 0.3) is 32.9 Å². The highest BCUT2D eigenvalue weighted by atomic mass is 35.5. The fourth-order valence-electron chi connectivity index (χ4n) is 7.31. The number of nitrogens with zero attached hydrogens (tertiary/aromatic N) is 6. The van der Waals surface area contributed by atoms with E-state index in [-0.39, 0.29) is 58.0 Å². The molecule has 5 heterocycles. The van der Waals surface area contributed by atoms with Gasteiger partial charge in [-0.15, -0.1) is 0 Å². The minimum absolute atomic E-state index is 0.0133. The first-order valence-electron chi connectivity index (χ1n) is 15.4. The maximum atomic E-state index is 16.6. The molecule has 7 rings (SSSR count). The molecule has 3 saturated heterocycles. The Hall–Kier alpha value is -4.09. The highest BCUT2D eigenvalue weighted by Gasteiger charge is 2.45. The highest BCUT2D eigenvalue weighted by molar-refractivity contribution is 6.36. The van der Waals surface area contributed by atoms with E-state index in [9.17, 15) is 9.18 Å². The summed E-state index contributed by atoms with van der Waals surface area (Å²) in [5, 5.41) is 1.11. The van der Waals surface area contributed by atoms with Crippen LogP contribution in [0.1, 0.15) is 25.7 Å². The van der Waals surface area contributed by atoms with Crippen molar-refractivity contribution in [2.45, 2.75) is 37.4 Å². The number of alkyl halides is 1. The lowest BCUT2D eigenvalue weighted by Gasteiger charge is -2.30. The Balaban J connectivity index is 1.34.